The number of para-hydroxylation sites is 1. The van der Waals surface area contributed by atoms with E-state index in [1.165, 1.54) is 34.1 Å². The van der Waals surface area contributed by atoms with Gasteiger partial charge in [-0.2, -0.15) is 0 Å². The van der Waals surface area contributed by atoms with Crippen molar-refractivity contribution in [2.75, 3.05) is 20.3 Å². The molecule has 0 bridgehead atoms. The van der Waals surface area contributed by atoms with E-state index in [0.29, 0.717) is 19.2 Å². The number of ether oxygens (including phenoxy) is 2. The highest BCUT2D eigenvalue weighted by molar-refractivity contribution is 5.89. The topological polar surface area (TPSA) is 43.7 Å². The normalized spacial score (nSPS) is 28.5. The summed E-state index contributed by atoms with van der Waals surface area (Å²) in [4.78, 5) is 16.5. The van der Waals surface area contributed by atoms with E-state index in [2.05, 4.69) is 52.8 Å². The van der Waals surface area contributed by atoms with Gasteiger partial charge in [0.1, 0.15) is 11.2 Å². The van der Waals surface area contributed by atoms with Gasteiger partial charge in [0.15, 0.2) is 0 Å². The summed E-state index contributed by atoms with van der Waals surface area (Å²) in [5, 5.41) is 1.30. The molecule has 4 heterocycles. The van der Waals surface area contributed by atoms with Crippen molar-refractivity contribution < 1.29 is 14.3 Å². The van der Waals surface area contributed by atoms with Crippen molar-refractivity contribution >= 4 is 16.9 Å². The fraction of sp³-hybridized carbons (Fsp3) is 0.444. The molecule has 2 unspecified atom stereocenters. The van der Waals surface area contributed by atoms with Crippen molar-refractivity contribution in [3.8, 4) is 5.75 Å². The van der Waals surface area contributed by atoms with Crippen LogP contribution in [-0.2, 0) is 16.1 Å². The van der Waals surface area contributed by atoms with Crippen LogP contribution < -0.4 is 4.74 Å². The zero-order valence-electron chi connectivity index (χ0n) is 19.0. The van der Waals surface area contributed by atoms with Crippen LogP contribution in [-0.4, -0.2) is 41.7 Å². The minimum Gasteiger partial charge on any atom is -0.497 e. The second kappa shape index (κ2) is 7.11. The molecular weight excluding hydrogens is 400 g/mol. The van der Waals surface area contributed by atoms with Crippen molar-refractivity contribution in [2.45, 2.75) is 51.2 Å². The molecule has 2 fully saturated rings. The van der Waals surface area contributed by atoms with Crippen molar-refractivity contribution in [3.05, 3.63) is 65.4 Å². The summed E-state index contributed by atoms with van der Waals surface area (Å²) in [7, 11) is 1.69. The van der Waals surface area contributed by atoms with Gasteiger partial charge in [-0.1, -0.05) is 30.3 Å². The van der Waals surface area contributed by atoms with E-state index >= 15 is 0 Å². The maximum atomic E-state index is 13.9. The molecule has 3 aromatic rings. The van der Waals surface area contributed by atoms with E-state index in [9.17, 15) is 4.79 Å². The summed E-state index contributed by atoms with van der Waals surface area (Å²) in [6, 6.07) is 17.4. The zero-order valence-corrected chi connectivity index (χ0v) is 19.0. The Morgan fingerprint density at radius 1 is 1.16 bits per heavy atom. The third kappa shape index (κ3) is 2.40. The molecule has 2 aromatic carbocycles. The smallest absolute Gasteiger partial charge is 0.316 e. The van der Waals surface area contributed by atoms with Gasteiger partial charge in [-0.15, -0.1) is 0 Å². The van der Waals surface area contributed by atoms with Crippen LogP contribution in [0.1, 0.15) is 48.5 Å². The number of esters is 1. The summed E-state index contributed by atoms with van der Waals surface area (Å²) in [6.07, 6.45) is 2.29. The lowest BCUT2D eigenvalue weighted by Crippen LogP contribution is -2.41. The highest BCUT2D eigenvalue weighted by Crippen LogP contribution is 2.66. The molecule has 1 aromatic heterocycles. The predicted octanol–water partition coefficient (Wildman–Crippen LogP) is 4.82. The van der Waals surface area contributed by atoms with E-state index in [4.69, 9.17) is 9.47 Å². The second-order valence-electron chi connectivity index (χ2n) is 9.48. The third-order valence-corrected chi connectivity index (χ3v) is 8.18. The molecule has 4 atom stereocenters. The average molecular weight is 431 g/mol. The monoisotopic (exact) mass is 430 g/mol. The van der Waals surface area contributed by atoms with E-state index in [1.807, 2.05) is 19.1 Å². The molecule has 3 aliphatic rings. The first-order valence-corrected chi connectivity index (χ1v) is 11.8. The summed E-state index contributed by atoms with van der Waals surface area (Å²) in [6.45, 7) is 6.25. The highest BCUT2D eigenvalue weighted by Gasteiger charge is 2.69. The van der Waals surface area contributed by atoms with E-state index < -0.39 is 5.41 Å². The van der Waals surface area contributed by atoms with Crippen LogP contribution in [0.25, 0.3) is 10.9 Å². The first-order chi connectivity index (χ1) is 15.6. The van der Waals surface area contributed by atoms with Gasteiger partial charge < -0.3 is 14.0 Å². The number of fused-ring (bicyclic) bond motifs is 7. The number of aromatic nitrogens is 1. The zero-order chi connectivity index (χ0) is 22.0. The molecule has 5 nitrogen and oxygen atoms in total. The summed E-state index contributed by atoms with van der Waals surface area (Å²) < 4.78 is 13.7. The van der Waals surface area contributed by atoms with Crippen LogP contribution in [0.5, 0.6) is 5.75 Å². The van der Waals surface area contributed by atoms with Crippen LogP contribution in [0.3, 0.4) is 0 Å². The van der Waals surface area contributed by atoms with E-state index in [0.717, 1.165) is 18.7 Å². The summed E-state index contributed by atoms with van der Waals surface area (Å²) >= 11 is 0. The molecule has 0 aliphatic carbocycles. The second-order valence-corrected chi connectivity index (χ2v) is 9.48. The van der Waals surface area contributed by atoms with Crippen molar-refractivity contribution in [1.82, 2.24) is 9.47 Å². The Balaban J connectivity index is 1.59. The van der Waals surface area contributed by atoms with Gasteiger partial charge in [0, 0.05) is 35.1 Å². The molecule has 0 spiro atoms. The van der Waals surface area contributed by atoms with Crippen molar-refractivity contribution in [2.24, 2.45) is 5.41 Å². The van der Waals surface area contributed by atoms with E-state index in [-0.39, 0.29) is 17.9 Å². The van der Waals surface area contributed by atoms with Crippen molar-refractivity contribution in [3.63, 3.8) is 0 Å². The first-order valence-electron chi connectivity index (χ1n) is 11.8. The number of carbonyl (C=O) groups excluding carboxylic acids is 1. The molecule has 0 N–H and O–H groups in total. The Hall–Kier alpha value is -2.79. The van der Waals surface area contributed by atoms with Gasteiger partial charge in [0.25, 0.3) is 0 Å². The summed E-state index contributed by atoms with van der Waals surface area (Å²) in [5.41, 5.74) is 4.44. The maximum Gasteiger partial charge on any atom is 0.316 e. The number of benzene rings is 2. The molecule has 5 heteroatoms. The van der Waals surface area contributed by atoms with Crippen LogP contribution >= 0.6 is 0 Å². The Morgan fingerprint density at radius 3 is 2.69 bits per heavy atom. The fourth-order valence-electron chi connectivity index (χ4n) is 7.07. The number of methoxy groups -OCH3 is 1. The van der Waals surface area contributed by atoms with Gasteiger partial charge >= 0.3 is 5.97 Å². The molecule has 6 rings (SSSR count). The van der Waals surface area contributed by atoms with Crippen LogP contribution in [0, 0.1) is 12.3 Å². The van der Waals surface area contributed by atoms with Gasteiger partial charge in [0.2, 0.25) is 0 Å². The summed E-state index contributed by atoms with van der Waals surface area (Å²) in [5.74, 6) is 0.890. The third-order valence-electron chi connectivity index (χ3n) is 8.18. The Bertz CT molecular complexity index is 1200. The molecular formula is C27H30N2O3. The number of aryl methyl sites for hydroxylation is 1. The lowest BCUT2D eigenvalue weighted by molar-refractivity contribution is -0.158. The molecule has 32 heavy (non-hydrogen) atoms. The standard InChI is InChI=1S/C27H30N2O3/c1-4-32-26(30)27-16-29-21-9-6-5-8-20(21)17(2)24(29)25(27)28-15-7-10-22(28)23(27)18-11-13-19(31-3)14-12-18/h5-6,8-9,11-14,22-23,25H,4,7,10,15-16H2,1-3H3/t22?,23-,25-,27?/m0/s1. The average Bonchev–Trinajstić information content (AvgIpc) is 3.53. The van der Waals surface area contributed by atoms with Gasteiger partial charge in [-0.3, -0.25) is 9.69 Å². The fourth-order valence-corrected chi connectivity index (χ4v) is 7.07. The number of carbonyl (C=O) groups is 1. The minimum atomic E-state index is -0.611. The lowest BCUT2D eigenvalue weighted by atomic mass is 9.68. The molecule has 2 saturated heterocycles. The molecule has 3 aliphatic heterocycles. The number of rotatable bonds is 4. The van der Waals surface area contributed by atoms with E-state index in [1.54, 1.807) is 7.11 Å². The number of nitrogens with zero attached hydrogens (tertiary/aromatic N) is 2. The Morgan fingerprint density at radius 2 is 1.94 bits per heavy atom. The van der Waals surface area contributed by atoms with Crippen LogP contribution in [0.15, 0.2) is 48.5 Å². The van der Waals surface area contributed by atoms with Gasteiger partial charge in [-0.25, -0.2) is 0 Å². The number of hydrogen-bond acceptors (Lipinski definition) is 4. The van der Waals surface area contributed by atoms with Gasteiger partial charge in [0.05, 0.1) is 19.8 Å². The minimum absolute atomic E-state index is 0.0487. The van der Waals surface area contributed by atoms with Gasteiger partial charge in [-0.05, 0) is 62.6 Å². The maximum absolute atomic E-state index is 13.9. The molecule has 0 saturated carbocycles. The SMILES string of the molecule is CCOC(=O)C12Cn3c(c(C)c4ccccc43)[C@@H]1N1CCCC1[C@@H]2c1ccc(OC)cc1. The van der Waals surface area contributed by atoms with Crippen molar-refractivity contribution in [1.29, 1.82) is 0 Å². The molecule has 166 valence electrons. The molecule has 0 radical (unpaired) electrons. The number of hydrogen-bond donors (Lipinski definition) is 0. The largest absolute Gasteiger partial charge is 0.497 e. The predicted molar refractivity (Wildman–Crippen MR) is 124 cm³/mol. The lowest BCUT2D eigenvalue weighted by Gasteiger charge is -2.34. The van der Waals surface area contributed by atoms with Crippen LogP contribution in [0.4, 0.5) is 0 Å². The first kappa shape index (κ1) is 19.9. The van der Waals surface area contributed by atoms with Crippen LogP contribution in [0.2, 0.25) is 0 Å². The Labute approximate surface area is 188 Å². The highest BCUT2D eigenvalue weighted by atomic mass is 16.5. The molecule has 0 amide bonds. The Kier molecular flexibility index (Phi) is 4.41. The quantitative estimate of drug-likeness (QED) is 0.557.